The van der Waals surface area contributed by atoms with Crippen molar-refractivity contribution in [2.45, 2.75) is 32.1 Å². The van der Waals surface area contributed by atoms with Gasteiger partial charge in [-0.05, 0) is 18.8 Å². The van der Waals surface area contributed by atoms with E-state index in [0.717, 1.165) is 0 Å². The van der Waals surface area contributed by atoms with Crippen LogP contribution in [0.25, 0.3) is 0 Å². The Morgan fingerprint density at radius 3 is 2.64 bits per heavy atom. The van der Waals surface area contributed by atoms with Gasteiger partial charge in [0.1, 0.15) is 0 Å². The molecule has 0 saturated heterocycles. The molecule has 1 atom stereocenters. The first kappa shape index (κ1) is 9.50. The summed E-state index contributed by atoms with van der Waals surface area (Å²) >= 11 is 0. The molecule has 0 aromatic carbocycles. The van der Waals surface area contributed by atoms with Gasteiger partial charge >= 0.3 is 0 Å². The molecule has 2 N–H and O–H groups in total. The van der Waals surface area contributed by atoms with Gasteiger partial charge in [0.2, 0.25) is 5.91 Å². The number of rotatable bonds is 2. The van der Waals surface area contributed by atoms with Crippen LogP contribution < -0.4 is 5.73 Å². The number of carbonyl (C=O) groups excluding carboxylic acids is 1. The molecule has 1 unspecified atom stereocenters. The summed E-state index contributed by atoms with van der Waals surface area (Å²) < 4.78 is 0. The second-order valence-corrected chi connectivity index (χ2v) is 4.27. The zero-order valence-electron chi connectivity index (χ0n) is 8.41. The summed E-state index contributed by atoms with van der Waals surface area (Å²) in [6.07, 6.45) is 12.4. The summed E-state index contributed by atoms with van der Waals surface area (Å²) in [4.78, 5) is 11.2. The molecule has 2 aliphatic rings. The van der Waals surface area contributed by atoms with Gasteiger partial charge in [-0.15, -0.1) is 0 Å². The lowest BCUT2D eigenvalue weighted by molar-refractivity contribution is -0.119. The fourth-order valence-electron chi connectivity index (χ4n) is 2.58. The Balaban J connectivity index is 2.06. The van der Waals surface area contributed by atoms with E-state index in [4.69, 9.17) is 5.73 Å². The van der Waals surface area contributed by atoms with Gasteiger partial charge in [-0.1, -0.05) is 43.1 Å². The van der Waals surface area contributed by atoms with E-state index < -0.39 is 0 Å². The molecule has 0 spiro atoms. The highest BCUT2D eigenvalue weighted by atomic mass is 16.1. The standard InChI is InChI=1S/C12H17NO/c13-12(14)11-8-4-7-10(11)9-5-2-1-3-6-9/h4,7-9,11H,1-3,5-6H2,(H2,13,14). The van der Waals surface area contributed by atoms with Crippen molar-refractivity contribution in [2.24, 2.45) is 17.6 Å². The SMILES string of the molecule is NC(=O)C1C=CC=C1C1CCCCC1. The molecule has 76 valence electrons. The van der Waals surface area contributed by atoms with Gasteiger partial charge in [0, 0.05) is 0 Å². The topological polar surface area (TPSA) is 43.1 Å². The van der Waals surface area contributed by atoms with E-state index in [0.29, 0.717) is 5.92 Å². The van der Waals surface area contributed by atoms with Crippen molar-refractivity contribution in [3.63, 3.8) is 0 Å². The molecule has 2 nitrogen and oxygen atoms in total. The van der Waals surface area contributed by atoms with E-state index in [1.165, 1.54) is 37.7 Å². The summed E-state index contributed by atoms with van der Waals surface area (Å²) in [6, 6.07) is 0. The Kier molecular flexibility index (Phi) is 2.71. The minimum Gasteiger partial charge on any atom is -0.369 e. The van der Waals surface area contributed by atoms with E-state index in [1.807, 2.05) is 12.2 Å². The quantitative estimate of drug-likeness (QED) is 0.714. The van der Waals surface area contributed by atoms with Crippen molar-refractivity contribution in [1.82, 2.24) is 0 Å². The van der Waals surface area contributed by atoms with Gasteiger partial charge in [0.05, 0.1) is 5.92 Å². The minimum atomic E-state index is -0.199. The van der Waals surface area contributed by atoms with Crippen molar-refractivity contribution >= 4 is 5.91 Å². The predicted octanol–water partition coefficient (Wildman–Crippen LogP) is 2.16. The number of nitrogens with two attached hydrogens (primary N) is 1. The largest absolute Gasteiger partial charge is 0.369 e. The van der Waals surface area contributed by atoms with E-state index in [9.17, 15) is 4.79 Å². The Morgan fingerprint density at radius 1 is 1.29 bits per heavy atom. The second kappa shape index (κ2) is 3.99. The van der Waals surface area contributed by atoms with Gasteiger partial charge in [0.15, 0.2) is 0 Å². The van der Waals surface area contributed by atoms with Crippen LogP contribution in [0.3, 0.4) is 0 Å². The number of hydrogen-bond acceptors (Lipinski definition) is 1. The fourth-order valence-corrected chi connectivity index (χ4v) is 2.58. The number of carbonyl (C=O) groups is 1. The number of primary amides is 1. The zero-order valence-corrected chi connectivity index (χ0v) is 8.41. The number of hydrogen-bond donors (Lipinski definition) is 1. The monoisotopic (exact) mass is 191 g/mol. The van der Waals surface area contributed by atoms with E-state index in [-0.39, 0.29) is 11.8 Å². The van der Waals surface area contributed by atoms with E-state index >= 15 is 0 Å². The Hall–Kier alpha value is -1.05. The molecule has 0 aliphatic heterocycles. The molecule has 0 bridgehead atoms. The summed E-state index contributed by atoms with van der Waals surface area (Å²) in [5.74, 6) is 0.296. The molecule has 0 radical (unpaired) electrons. The molecule has 1 fully saturated rings. The smallest absolute Gasteiger partial charge is 0.228 e. The first-order valence-corrected chi connectivity index (χ1v) is 5.46. The van der Waals surface area contributed by atoms with Gasteiger partial charge in [-0.2, -0.15) is 0 Å². The molecule has 2 aliphatic carbocycles. The van der Waals surface area contributed by atoms with Crippen LogP contribution in [0.15, 0.2) is 23.8 Å². The molecule has 0 aromatic rings. The van der Waals surface area contributed by atoms with Crippen molar-refractivity contribution in [3.05, 3.63) is 23.8 Å². The van der Waals surface area contributed by atoms with Crippen LogP contribution in [-0.2, 0) is 4.79 Å². The van der Waals surface area contributed by atoms with Crippen molar-refractivity contribution in [3.8, 4) is 0 Å². The highest BCUT2D eigenvalue weighted by Crippen LogP contribution is 2.36. The Labute approximate surface area is 84.9 Å². The molecule has 14 heavy (non-hydrogen) atoms. The number of amides is 1. The normalized spacial score (nSPS) is 27.7. The maximum absolute atomic E-state index is 11.2. The molecule has 0 aromatic heterocycles. The molecule has 1 saturated carbocycles. The van der Waals surface area contributed by atoms with Crippen LogP contribution in [0.5, 0.6) is 0 Å². The lowest BCUT2D eigenvalue weighted by Crippen LogP contribution is -2.25. The fraction of sp³-hybridized carbons (Fsp3) is 0.583. The predicted molar refractivity (Wildman–Crippen MR) is 56.5 cm³/mol. The first-order valence-electron chi connectivity index (χ1n) is 5.46. The van der Waals surface area contributed by atoms with E-state index in [2.05, 4.69) is 6.08 Å². The lowest BCUT2D eigenvalue weighted by Gasteiger charge is -2.25. The summed E-state index contributed by atoms with van der Waals surface area (Å²) in [6.45, 7) is 0. The van der Waals surface area contributed by atoms with Crippen molar-refractivity contribution in [1.29, 1.82) is 0 Å². The van der Waals surface area contributed by atoms with Crippen LogP contribution in [-0.4, -0.2) is 5.91 Å². The summed E-state index contributed by atoms with van der Waals surface area (Å²) in [5.41, 5.74) is 6.63. The summed E-state index contributed by atoms with van der Waals surface area (Å²) in [5, 5.41) is 0. The molecule has 2 heteroatoms. The van der Waals surface area contributed by atoms with Gasteiger partial charge in [0.25, 0.3) is 0 Å². The Morgan fingerprint density at radius 2 is 2.00 bits per heavy atom. The second-order valence-electron chi connectivity index (χ2n) is 4.27. The van der Waals surface area contributed by atoms with Crippen molar-refractivity contribution in [2.75, 3.05) is 0 Å². The average Bonchev–Trinajstić information content (AvgIpc) is 2.67. The average molecular weight is 191 g/mol. The lowest BCUT2D eigenvalue weighted by atomic mass is 9.79. The molecule has 1 amide bonds. The van der Waals surface area contributed by atoms with Crippen LogP contribution >= 0.6 is 0 Å². The third kappa shape index (κ3) is 1.74. The maximum atomic E-state index is 11.2. The number of allylic oxidation sites excluding steroid dienone is 2. The molecule has 2 rings (SSSR count). The highest BCUT2D eigenvalue weighted by Gasteiger charge is 2.27. The third-order valence-electron chi connectivity index (χ3n) is 3.33. The highest BCUT2D eigenvalue weighted by molar-refractivity contribution is 5.83. The molecule has 0 heterocycles. The van der Waals surface area contributed by atoms with Gasteiger partial charge in [-0.25, -0.2) is 0 Å². The van der Waals surface area contributed by atoms with Crippen LogP contribution in [0.4, 0.5) is 0 Å². The van der Waals surface area contributed by atoms with Crippen LogP contribution in [0.2, 0.25) is 0 Å². The van der Waals surface area contributed by atoms with Crippen LogP contribution in [0.1, 0.15) is 32.1 Å². The Bertz CT molecular complexity index is 285. The zero-order chi connectivity index (χ0) is 9.97. The molecular weight excluding hydrogens is 174 g/mol. The third-order valence-corrected chi connectivity index (χ3v) is 3.33. The summed E-state index contributed by atoms with van der Waals surface area (Å²) in [7, 11) is 0. The van der Waals surface area contributed by atoms with Crippen molar-refractivity contribution < 1.29 is 4.79 Å². The van der Waals surface area contributed by atoms with Gasteiger partial charge in [-0.3, -0.25) is 4.79 Å². The van der Waals surface area contributed by atoms with Gasteiger partial charge < -0.3 is 5.73 Å². The maximum Gasteiger partial charge on any atom is 0.228 e. The van der Waals surface area contributed by atoms with Crippen LogP contribution in [0, 0.1) is 11.8 Å². The molecular formula is C12H17NO. The minimum absolute atomic E-state index is 0.113. The van der Waals surface area contributed by atoms with E-state index in [1.54, 1.807) is 0 Å². The first-order chi connectivity index (χ1) is 6.79.